The first-order valence-electron chi connectivity index (χ1n) is 7.52. The van der Waals surface area contributed by atoms with Gasteiger partial charge >= 0.3 is 0 Å². The van der Waals surface area contributed by atoms with Gasteiger partial charge in [-0.2, -0.15) is 0 Å². The number of hydrogen-bond acceptors (Lipinski definition) is 3. The van der Waals surface area contributed by atoms with Crippen LogP contribution in [0.4, 0.5) is 0 Å². The number of aromatic nitrogens is 1. The molecule has 0 unspecified atom stereocenters. The topological polar surface area (TPSA) is 56.1 Å². The highest BCUT2D eigenvalue weighted by molar-refractivity contribution is 7.90. The molecule has 4 nitrogen and oxygen atoms in total. The van der Waals surface area contributed by atoms with Crippen LogP contribution in [0.2, 0.25) is 0 Å². The van der Waals surface area contributed by atoms with Crippen molar-refractivity contribution in [3.8, 4) is 0 Å². The molecule has 0 aliphatic heterocycles. The Morgan fingerprint density at radius 3 is 2.29 bits per heavy atom. The van der Waals surface area contributed by atoms with Crippen molar-refractivity contribution in [3.05, 3.63) is 71.9 Å². The van der Waals surface area contributed by atoms with Gasteiger partial charge in [-0.15, -0.1) is 0 Å². The molecule has 24 heavy (non-hydrogen) atoms. The second kappa shape index (κ2) is 6.09. The first-order chi connectivity index (χ1) is 11.4. The Morgan fingerprint density at radius 1 is 1.00 bits per heavy atom. The summed E-state index contributed by atoms with van der Waals surface area (Å²) in [5.41, 5.74) is 1.92. The molecule has 0 atom stereocenters. The summed E-state index contributed by atoms with van der Waals surface area (Å²) in [6.07, 6.45) is 2.95. The predicted octanol–water partition coefficient (Wildman–Crippen LogP) is 3.79. The third kappa shape index (κ3) is 2.67. The van der Waals surface area contributed by atoms with E-state index in [0.717, 1.165) is 10.9 Å². The minimum atomic E-state index is -3.77. The first-order valence-corrected chi connectivity index (χ1v) is 8.96. The summed E-state index contributed by atoms with van der Waals surface area (Å²) < 4.78 is 27.7. The SMILES string of the molecule is CC(=O)/C=C/c1c(C)c2ccccc2n1S(=O)(=O)c1ccccc1. The Kier molecular flexibility index (Phi) is 4.11. The van der Waals surface area contributed by atoms with E-state index >= 15 is 0 Å². The average molecular weight is 339 g/mol. The molecule has 0 spiro atoms. The number of carbonyl (C=O) groups excluding carboxylic acids is 1. The van der Waals surface area contributed by atoms with Crippen LogP contribution in [0.25, 0.3) is 17.0 Å². The standard InChI is InChI=1S/C19H17NO3S/c1-14(21)12-13-18-15(2)17-10-6-7-11-19(17)20(18)24(22,23)16-8-4-3-5-9-16/h3-13H,1-2H3/b13-12+. The van der Waals surface area contributed by atoms with E-state index in [4.69, 9.17) is 0 Å². The van der Waals surface area contributed by atoms with Crippen LogP contribution in [0.1, 0.15) is 18.2 Å². The molecule has 3 rings (SSSR count). The van der Waals surface area contributed by atoms with Crippen molar-refractivity contribution in [2.24, 2.45) is 0 Å². The number of fused-ring (bicyclic) bond motifs is 1. The summed E-state index contributed by atoms with van der Waals surface area (Å²) in [5, 5.41) is 0.847. The maximum Gasteiger partial charge on any atom is 0.268 e. The van der Waals surface area contributed by atoms with Gasteiger partial charge in [0.1, 0.15) is 0 Å². The number of nitrogens with zero attached hydrogens (tertiary/aromatic N) is 1. The fraction of sp³-hybridized carbons (Fsp3) is 0.105. The number of para-hydroxylation sites is 1. The van der Waals surface area contributed by atoms with Gasteiger partial charge in [-0.25, -0.2) is 12.4 Å². The van der Waals surface area contributed by atoms with Gasteiger partial charge in [0.15, 0.2) is 5.78 Å². The molecular formula is C19H17NO3S. The van der Waals surface area contributed by atoms with Crippen LogP contribution in [0.3, 0.4) is 0 Å². The smallest absolute Gasteiger partial charge is 0.268 e. The molecule has 0 saturated carbocycles. The molecule has 0 bridgehead atoms. The highest BCUT2D eigenvalue weighted by Crippen LogP contribution is 2.30. The lowest BCUT2D eigenvalue weighted by Crippen LogP contribution is -2.14. The minimum Gasteiger partial charge on any atom is -0.295 e. The fourth-order valence-corrected chi connectivity index (χ4v) is 4.32. The van der Waals surface area contributed by atoms with Crippen LogP contribution >= 0.6 is 0 Å². The third-order valence-corrected chi connectivity index (χ3v) is 5.63. The summed E-state index contributed by atoms with van der Waals surface area (Å²) in [7, 11) is -3.77. The second-order valence-electron chi connectivity index (χ2n) is 5.55. The zero-order valence-corrected chi connectivity index (χ0v) is 14.2. The van der Waals surface area contributed by atoms with Crippen LogP contribution in [-0.2, 0) is 14.8 Å². The molecular weight excluding hydrogens is 322 g/mol. The van der Waals surface area contributed by atoms with Crippen molar-refractivity contribution < 1.29 is 13.2 Å². The Labute approximate surface area is 141 Å². The maximum atomic E-state index is 13.2. The molecule has 122 valence electrons. The van der Waals surface area contributed by atoms with E-state index in [-0.39, 0.29) is 10.7 Å². The van der Waals surface area contributed by atoms with Crippen molar-refractivity contribution in [1.29, 1.82) is 0 Å². The van der Waals surface area contributed by atoms with E-state index in [1.54, 1.807) is 48.5 Å². The zero-order valence-electron chi connectivity index (χ0n) is 13.4. The molecule has 5 heteroatoms. The van der Waals surface area contributed by atoms with E-state index < -0.39 is 10.0 Å². The molecule has 0 fully saturated rings. The number of ketones is 1. The first kappa shape index (κ1) is 16.2. The van der Waals surface area contributed by atoms with Gasteiger partial charge in [0.25, 0.3) is 10.0 Å². The van der Waals surface area contributed by atoms with Crippen molar-refractivity contribution in [2.45, 2.75) is 18.7 Å². The summed E-state index contributed by atoms with van der Waals surface area (Å²) in [4.78, 5) is 11.5. The molecule has 0 amide bonds. The predicted molar refractivity (Wildman–Crippen MR) is 95.4 cm³/mol. The lowest BCUT2D eigenvalue weighted by Gasteiger charge is -2.10. The molecule has 1 aromatic heterocycles. The monoisotopic (exact) mass is 339 g/mol. The molecule has 0 radical (unpaired) electrons. The number of rotatable bonds is 4. The van der Waals surface area contributed by atoms with Gasteiger partial charge in [-0.05, 0) is 49.8 Å². The highest BCUT2D eigenvalue weighted by atomic mass is 32.2. The molecule has 1 heterocycles. The molecule has 0 N–H and O–H groups in total. The average Bonchev–Trinajstić information content (AvgIpc) is 2.87. The molecule has 0 aliphatic rings. The summed E-state index contributed by atoms with van der Waals surface area (Å²) in [6, 6.07) is 15.6. The Bertz CT molecular complexity index is 1040. The Hall–Kier alpha value is -2.66. The van der Waals surface area contributed by atoms with Crippen LogP contribution < -0.4 is 0 Å². The van der Waals surface area contributed by atoms with Gasteiger partial charge in [0, 0.05) is 5.39 Å². The van der Waals surface area contributed by atoms with E-state index in [1.165, 1.54) is 17.0 Å². The van der Waals surface area contributed by atoms with Crippen LogP contribution in [0.5, 0.6) is 0 Å². The van der Waals surface area contributed by atoms with E-state index in [1.807, 2.05) is 19.1 Å². The summed E-state index contributed by atoms with van der Waals surface area (Å²) >= 11 is 0. The van der Waals surface area contributed by atoms with Crippen molar-refractivity contribution in [2.75, 3.05) is 0 Å². The van der Waals surface area contributed by atoms with Crippen LogP contribution in [0, 0.1) is 6.92 Å². The van der Waals surface area contributed by atoms with Crippen molar-refractivity contribution in [3.63, 3.8) is 0 Å². The molecule has 0 aliphatic carbocycles. The van der Waals surface area contributed by atoms with Gasteiger partial charge in [0.05, 0.1) is 16.1 Å². The largest absolute Gasteiger partial charge is 0.295 e. The Morgan fingerprint density at radius 2 is 1.62 bits per heavy atom. The minimum absolute atomic E-state index is 0.136. The molecule has 3 aromatic rings. The molecule has 0 saturated heterocycles. The quantitative estimate of drug-likeness (QED) is 0.680. The number of allylic oxidation sites excluding steroid dienone is 1. The van der Waals surface area contributed by atoms with E-state index in [0.29, 0.717) is 11.2 Å². The highest BCUT2D eigenvalue weighted by Gasteiger charge is 2.24. The fourth-order valence-electron chi connectivity index (χ4n) is 2.73. The van der Waals surface area contributed by atoms with Gasteiger partial charge < -0.3 is 0 Å². The summed E-state index contributed by atoms with van der Waals surface area (Å²) in [5.74, 6) is -0.136. The zero-order chi connectivity index (χ0) is 17.3. The van der Waals surface area contributed by atoms with Crippen molar-refractivity contribution >= 4 is 32.8 Å². The maximum absolute atomic E-state index is 13.2. The number of aryl methyl sites for hydroxylation is 1. The number of hydrogen-bond donors (Lipinski definition) is 0. The normalized spacial score (nSPS) is 12.1. The summed E-state index contributed by atoms with van der Waals surface area (Å²) in [6.45, 7) is 3.30. The number of benzene rings is 2. The number of carbonyl (C=O) groups is 1. The van der Waals surface area contributed by atoms with Crippen molar-refractivity contribution in [1.82, 2.24) is 3.97 Å². The second-order valence-corrected chi connectivity index (χ2v) is 7.34. The lowest BCUT2D eigenvalue weighted by molar-refractivity contribution is -0.112. The van der Waals surface area contributed by atoms with E-state index in [2.05, 4.69) is 0 Å². The van der Waals surface area contributed by atoms with Crippen LogP contribution in [0.15, 0.2) is 65.6 Å². The van der Waals surface area contributed by atoms with Gasteiger partial charge in [0.2, 0.25) is 0 Å². The third-order valence-electron chi connectivity index (χ3n) is 3.89. The Balaban J connectivity index is 2.38. The van der Waals surface area contributed by atoms with Gasteiger partial charge in [-0.1, -0.05) is 36.4 Å². The van der Waals surface area contributed by atoms with Crippen LogP contribution in [-0.4, -0.2) is 18.2 Å². The van der Waals surface area contributed by atoms with Gasteiger partial charge in [-0.3, -0.25) is 4.79 Å². The lowest BCUT2D eigenvalue weighted by atomic mass is 10.1. The van der Waals surface area contributed by atoms with E-state index in [9.17, 15) is 13.2 Å². The molecule has 2 aromatic carbocycles.